The van der Waals surface area contributed by atoms with Crippen molar-refractivity contribution in [3.05, 3.63) is 18.0 Å². The van der Waals surface area contributed by atoms with Gasteiger partial charge in [-0.15, -0.1) is 0 Å². The van der Waals surface area contributed by atoms with Gasteiger partial charge in [-0.25, -0.2) is 0 Å². The summed E-state index contributed by atoms with van der Waals surface area (Å²) in [7, 11) is 2.02. The average molecular weight is 229 g/mol. The number of aromatic nitrogens is 2. The summed E-state index contributed by atoms with van der Waals surface area (Å²) in [6.45, 7) is 0. The fourth-order valence-corrected chi connectivity index (χ4v) is 2.70. The van der Waals surface area contributed by atoms with Gasteiger partial charge < -0.3 is 0 Å². The molecule has 0 aromatic carbocycles. The summed E-state index contributed by atoms with van der Waals surface area (Å²) < 4.78 is 2.00. The maximum absolute atomic E-state index is 4.19. The van der Waals surface area contributed by atoms with Crippen molar-refractivity contribution in [1.82, 2.24) is 9.78 Å². The van der Waals surface area contributed by atoms with Crippen LogP contribution in [0.2, 0.25) is 0 Å². The van der Waals surface area contributed by atoms with Crippen LogP contribution in [0.15, 0.2) is 12.3 Å². The van der Waals surface area contributed by atoms with Gasteiger partial charge in [-0.1, -0.05) is 15.9 Å². The summed E-state index contributed by atoms with van der Waals surface area (Å²) in [4.78, 5) is 0.720. The minimum Gasteiger partial charge on any atom is -0.272 e. The SMILES string of the molecule is Cn1nccc1C1CCC(Br)C1. The Bertz CT molecular complexity index is 269. The zero-order valence-electron chi connectivity index (χ0n) is 7.20. The lowest BCUT2D eigenvalue weighted by Gasteiger charge is -2.08. The number of hydrogen-bond acceptors (Lipinski definition) is 1. The molecule has 0 N–H and O–H groups in total. The van der Waals surface area contributed by atoms with Gasteiger partial charge in [0.25, 0.3) is 0 Å². The highest BCUT2D eigenvalue weighted by molar-refractivity contribution is 9.09. The average Bonchev–Trinajstić information content (AvgIpc) is 2.58. The summed E-state index contributed by atoms with van der Waals surface area (Å²) in [5.41, 5.74) is 1.39. The molecule has 1 aliphatic rings. The molecule has 0 bridgehead atoms. The maximum atomic E-state index is 4.19. The molecule has 12 heavy (non-hydrogen) atoms. The highest BCUT2D eigenvalue weighted by Crippen LogP contribution is 2.37. The first kappa shape index (κ1) is 8.30. The van der Waals surface area contributed by atoms with Crippen LogP contribution in [-0.4, -0.2) is 14.6 Å². The normalized spacial score (nSPS) is 29.5. The van der Waals surface area contributed by atoms with E-state index in [2.05, 4.69) is 27.1 Å². The predicted molar refractivity (Wildman–Crippen MR) is 52.5 cm³/mol. The van der Waals surface area contributed by atoms with Crippen molar-refractivity contribution in [3.8, 4) is 0 Å². The predicted octanol–water partition coefficient (Wildman–Crippen LogP) is 2.45. The third-order valence-corrected chi connectivity index (χ3v) is 3.48. The van der Waals surface area contributed by atoms with E-state index in [-0.39, 0.29) is 0 Å². The molecule has 2 rings (SSSR count). The van der Waals surface area contributed by atoms with Crippen molar-refractivity contribution in [1.29, 1.82) is 0 Å². The van der Waals surface area contributed by atoms with Crippen LogP contribution in [0.3, 0.4) is 0 Å². The van der Waals surface area contributed by atoms with E-state index >= 15 is 0 Å². The van der Waals surface area contributed by atoms with Crippen LogP contribution in [0.5, 0.6) is 0 Å². The topological polar surface area (TPSA) is 17.8 Å². The Kier molecular flexibility index (Phi) is 2.22. The standard InChI is InChI=1S/C9H13BrN2/c1-12-9(4-5-11-12)7-2-3-8(10)6-7/h4-5,7-8H,2-3,6H2,1H3. The Morgan fingerprint density at radius 1 is 1.58 bits per heavy atom. The molecule has 1 fully saturated rings. The molecular formula is C9H13BrN2. The van der Waals surface area contributed by atoms with Crippen LogP contribution in [0.4, 0.5) is 0 Å². The molecule has 1 heterocycles. The first-order chi connectivity index (χ1) is 5.77. The molecule has 0 saturated heterocycles. The fourth-order valence-electron chi connectivity index (χ4n) is 1.98. The molecular weight excluding hydrogens is 216 g/mol. The number of rotatable bonds is 1. The highest BCUT2D eigenvalue weighted by Gasteiger charge is 2.25. The van der Waals surface area contributed by atoms with Crippen molar-refractivity contribution in [3.63, 3.8) is 0 Å². The fraction of sp³-hybridized carbons (Fsp3) is 0.667. The van der Waals surface area contributed by atoms with Gasteiger partial charge >= 0.3 is 0 Å². The molecule has 1 aromatic rings. The third kappa shape index (κ3) is 1.42. The van der Waals surface area contributed by atoms with E-state index < -0.39 is 0 Å². The number of alkyl halides is 1. The van der Waals surface area contributed by atoms with Crippen molar-refractivity contribution < 1.29 is 0 Å². The minimum absolute atomic E-state index is 0.720. The number of nitrogens with zero attached hydrogens (tertiary/aromatic N) is 2. The molecule has 0 amide bonds. The molecule has 1 aromatic heterocycles. The van der Waals surface area contributed by atoms with Crippen molar-refractivity contribution in [2.45, 2.75) is 30.0 Å². The minimum atomic E-state index is 0.720. The second-order valence-electron chi connectivity index (χ2n) is 3.49. The van der Waals surface area contributed by atoms with E-state index in [4.69, 9.17) is 0 Å². The number of aryl methyl sites for hydroxylation is 1. The van der Waals surface area contributed by atoms with Gasteiger partial charge in [0.2, 0.25) is 0 Å². The van der Waals surface area contributed by atoms with Crippen LogP contribution < -0.4 is 0 Å². The molecule has 1 saturated carbocycles. The first-order valence-corrected chi connectivity index (χ1v) is 5.31. The quantitative estimate of drug-likeness (QED) is 0.676. The van der Waals surface area contributed by atoms with Gasteiger partial charge in [-0.2, -0.15) is 5.10 Å². The van der Waals surface area contributed by atoms with Gasteiger partial charge in [0, 0.05) is 29.7 Å². The van der Waals surface area contributed by atoms with Crippen molar-refractivity contribution in [2.24, 2.45) is 7.05 Å². The smallest absolute Gasteiger partial charge is 0.0492 e. The monoisotopic (exact) mass is 228 g/mol. The molecule has 3 heteroatoms. The summed E-state index contributed by atoms with van der Waals surface area (Å²) in [6.07, 6.45) is 5.75. The molecule has 66 valence electrons. The molecule has 1 aliphatic carbocycles. The van der Waals surface area contributed by atoms with E-state index in [1.807, 2.05) is 17.9 Å². The summed E-state index contributed by atoms with van der Waals surface area (Å²) >= 11 is 3.66. The van der Waals surface area contributed by atoms with E-state index in [1.165, 1.54) is 25.0 Å². The Morgan fingerprint density at radius 3 is 2.92 bits per heavy atom. The summed E-state index contributed by atoms with van der Waals surface area (Å²) in [5.74, 6) is 0.724. The van der Waals surface area contributed by atoms with Gasteiger partial charge in [0.15, 0.2) is 0 Å². The van der Waals surface area contributed by atoms with Crippen molar-refractivity contribution >= 4 is 15.9 Å². The largest absolute Gasteiger partial charge is 0.272 e. The van der Waals surface area contributed by atoms with E-state index in [9.17, 15) is 0 Å². The Labute approximate surface area is 81.1 Å². The van der Waals surface area contributed by atoms with E-state index in [0.717, 1.165) is 10.7 Å². The lowest BCUT2D eigenvalue weighted by molar-refractivity contribution is 0.618. The molecule has 2 atom stereocenters. The van der Waals surface area contributed by atoms with Crippen LogP contribution in [0.25, 0.3) is 0 Å². The van der Waals surface area contributed by atoms with Gasteiger partial charge in [0.1, 0.15) is 0 Å². The summed E-state index contributed by atoms with van der Waals surface area (Å²) in [6, 6.07) is 2.13. The van der Waals surface area contributed by atoms with E-state index in [0.29, 0.717) is 0 Å². The zero-order chi connectivity index (χ0) is 8.55. The second kappa shape index (κ2) is 3.21. The van der Waals surface area contributed by atoms with Crippen molar-refractivity contribution in [2.75, 3.05) is 0 Å². The van der Waals surface area contributed by atoms with Crippen LogP contribution >= 0.6 is 15.9 Å². The Morgan fingerprint density at radius 2 is 2.42 bits per heavy atom. The van der Waals surface area contributed by atoms with Gasteiger partial charge in [-0.05, 0) is 25.3 Å². The zero-order valence-corrected chi connectivity index (χ0v) is 8.79. The Hall–Kier alpha value is -0.310. The van der Waals surface area contributed by atoms with E-state index in [1.54, 1.807) is 0 Å². The molecule has 0 aliphatic heterocycles. The molecule has 0 radical (unpaired) electrons. The van der Waals surface area contributed by atoms with Crippen LogP contribution in [-0.2, 0) is 7.05 Å². The number of halogens is 1. The lowest BCUT2D eigenvalue weighted by atomic mass is 10.0. The lowest BCUT2D eigenvalue weighted by Crippen LogP contribution is -2.02. The molecule has 0 spiro atoms. The molecule has 2 unspecified atom stereocenters. The summed E-state index contributed by atoms with van der Waals surface area (Å²) in [5, 5.41) is 4.19. The maximum Gasteiger partial charge on any atom is 0.0492 e. The second-order valence-corrected chi connectivity index (χ2v) is 4.78. The van der Waals surface area contributed by atoms with Crippen LogP contribution in [0, 0.1) is 0 Å². The van der Waals surface area contributed by atoms with Crippen LogP contribution in [0.1, 0.15) is 30.9 Å². The van der Waals surface area contributed by atoms with Gasteiger partial charge in [0.05, 0.1) is 0 Å². The Balaban J connectivity index is 2.16. The third-order valence-electron chi connectivity index (χ3n) is 2.65. The number of hydrogen-bond donors (Lipinski definition) is 0. The highest BCUT2D eigenvalue weighted by atomic mass is 79.9. The molecule has 2 nitrogen and oxygen atoms in total. The first-order valence-electron chi connectivity index (χ1n) is 4.39. The van der Waals surface area contributed by atoms with Gasteiger partial charge in [-0.3, -0.25) is 4.68 Å².